The van der Waals surface area contributed by atoms with Gasteiger partial charge >= 0.3 is 0 Å². The highest BCUT2D eigenvalue weighted by Crippen LogP contribution is 2.12. The lowest BCUT2D eigenvalue weighted by atomic mass is 10.2. The number of hydrogen-bond donors (Lipinski definition) is 0. The molecule has 2 nitrogen and oxygen atoms in total. The van der Waals surface area contributed by atoms with Crippen LogP contribution in [-0.2, 0) is 0 Å². The Balaban J connectivity index is 2.24. The molecule has 0 atom stereocenters. The maximum atomic E-state index is 10.7. The largest absolute Gasteiger partial charge is 0.333 e. The number of thioether (sulfide) groups is 1. The zero-order chi connectivity index (χ0) is 5.98. The van der Waals surface area contributed by atoms with Gasteiger partial charge in [-0.2, -0.15) is 0 Å². The molecule has 0 aromatic carbocycles. The summed E-state index contributed by atoms with van der Waals surface area (Å²) in [6.07, 6.45) is 3.01. The topological polar surface area (TPSA) is 20.3 Å². The molecule has 1 aliphatic heterocycles. The van der Waals surface area contributed by atoms with Crippen LogP contribution in [0.1, 0.15) is 6.42 Å². The van der Waals surface area contributed by atoms with Gasteiger partial charge in [0.25, 0.3) is 5.24 Å². The fourth-order valence-corrected chi connectivity index (χ4v) is 1.07. The standard InChI is InChI=1S/C5H9NOS/c1-8-5(7)6-3-2-4-6/h2-4H2,1H3. The smallest absolute Gasteiger partial charge is 0.281 e. The summed E-state index contributed by atoms with van der Waals surface area (Å²) in [6.45, 7) is 1.94. The minimum Gasteiger partial charge on any atom is -0.333 e. The molecule has 0 aromatic heterocycles. The molecular formula is C5H9NOS. The van der Waals surface area contributed by atoms with Crippen molar-refractivity contribution < 1.29 is 4.79 Å². The lowest BCUT2D eigenvalue weighted by Gasteiger charge is -2.29. The van der Waals surface area contributed by atoms with Crippen molar-refractivity contribution in [3.8, 4) is 0 Å². The van der Waals surface area contributed by atoms with Crippen molar-refractivity contribution >= 4 is 17.0 Å². The number of nitrogens with zero attached hydrogens (tertiary/aromatic N) is 1. The van der Waals surface area contributed by atoms with E-state index in [9.17, 15) is 4.79 Å². The molecule has 0 radical (unpaired) electrons. The average Bonchev–Trinajstić information content (AvgIpc) is 1.62. The molecule has 0 bridgehead atoms. The number of rotatable bonds is 0. The van der Waals surface area contributed by atoms with Crippen molar-refractivity contribution in [1.29, 1.82) is 0 Å². The van der Waals surface area contributed by atoms with E-state index >= 15 is 0 Å². The molecular weight excluding hydrogens is 122 g/mol. The van der Waals surface area contributed by atoms with Crippen LogP contribution in [0, 0.1) is 0 Å². The molecule has 3 heteroatoms. The summed E-state index contributed by atoms with van der Waals surface area (Å²) in [4.78, 5) is 12.5. The summed E-state index contributed by atoms with van der Waals surface area (Å²) in [6, 6.07) is 0. The maximum Gasteiger partial charge on any atom is 0.281 e. The second-order valence-electron chi connectivity index (χ2n) is 1.81. The van der Waals surface area contributed by atoms with Gasteiger partial charge in [0.1, 0.15) is 0 Å². The van der Waals surface area contributed by atoms with Crippen LogP contribution in [-0.4, -0.2) is 29.5 Å². The lowest BCUT2D eigenvalue weighted by molar-refractivity contribution is 0.193. The predicted octanol–water partition coefficient (Wildman–Crippen LogP) is 1.18. The SMILES string of the molecule is CSC(=O)N1CCC1. The molecule has 1 heterocycles. The van der Waals surface area contributed by atoms with Crippen molar-refractivity contribution in [2.75, 3.05) is 19.3 Å². The molecule has 1 fully saturated rings. The monoisotopic (exact) mass is 131 g/mol. The quantitative estimate of drug-likeness (QED) is 0.492. The summed E-state index contributed by atoms with van der Waals surface area (Å²) in [5, 5.41) is 0.219. The molecule has 0 aromatic rings. The molecule has 8 heavy (non-hydrogen) atoms. The summed E-state index contributed by atoms with van der Waals surface area (Å²) < 4.78 is 0. The Morgan fingerprint density at radius 3 is 2.38 bits per heavy atom. The van der Waals surface area contributed by atoms with Gasteiger partial charge in [-0.1, -0.05) is 11.8 Å². The first-order valence-corrected chi connectivity index (χ1v) is 3.90. The number of carbonyl (C=O) groups excluding carboxylic acids is 1. The van der Waals surface area contributed by atoms with Gasteiger partial charge in [-0.05, 0) is 12.7 Å². The number of hydrogen-bond acceptors (Lipinski definition) is 2. The molecule has 0 spiro atoms. The molecule has 0 unspecified atom stereocenters. The molecule has 1 aliphatic rings. The third-order valence-electron chi connectivity index (χ3n) is 1.29. The van der Waals surface area contributed by atoms with Crippen molar-refractivity contribution in [1.82, 2.24) is 4.90 Å². The first-order chi connectivity index (χ1) is 3.84. The number of carbonyl (C=O) groups is 1. The van der Waals surface area contributed by atoms with Crippen LogP contribution in [0.4, 0.5) is 4.79 Å². The van der Waals surface area contributed by atoms with Crippen LogP contribution < -0.4 is 0 Å². The zero-order valence-corrected chi connectivity index (χ0v) is 5.70. The van der Waals surface area contributed by atoms with E-state index in [2.05, 4.69) is 0 Å². The zero-order valence-electron chi connectivity index (χ0n) is 4.89. The van der Waals surface area contributed by atoms with E-state index in [1.54, 1.807) is 0 Å². The van der Waals surface area contributed by atoms with Gasteiger partial charge in [-0.25, -0.2) is 0 Å². The van der Waals surface area contributed by atoms with Gasteiger partial charge in [0.2, 0.25) is 0 Å². The van der Waals surface area contributed by atoms with Gasteiger partial charge in [0, 0.05) is 13.1 Å². The van der Waals surface area contributed by atoms with Crippen molar-refractivity contribution in [3.05, 3.63) is 0 Å². The van der Waals surface area contributed by atoms with Gasteiger partial charge < -0.3 is 4.90 Å². The van der Waals surface area contributed by atoms with E-state index in [-0.39, 0.29) is 5.24 Å². The summed E-state index contributed by atoms with van der Waals surface area (Å²) >= 11 is 1.30. The minimum atomic E-state index is 0.219. The van der Waals surface area contributed by atoms with Gasteiger partial charge in [-0.15, -0.1) is 0 Å². The molecule has 0 N–H and O–H groups in total. The van der Waals surface area contributed by atoms with Crippen LogP contribution in [0.3, 0.4) is 0 Å². The van der Waals surface area contributed by atoms with Crippen LogP contribution in [0.5, 0.6) is 0 Å². The molecule has 1 saturated heterocycles. The molecule has 0 aliphatic carbocycles. The number of amides is 1. The Morgan fingerprint density at radius 2 is 2.25 bits per heavy atom. The normalized spacial score (nSPS) is 17.9. The van der Waals surface area contributed by atoms with E-state index < -0.39 is 0 Å². The number of likely N-dealkylation sites (tertiary alicyclic amines) is 1. The maximum absolute atomic E-state index is 10.7. The highest BCUT2D eigenvalue weighted by molar-refractivity contribution is 8.12. The second kappa shape index (κ2) is 2.40. The average molecular weight is 131 g/mol. The van der Waals surface area contributed by atoms with E-state index in [1.807, 2.05) is 11.2 Å². The van der Waals surface area contributed by atoms with E-state index in [1.165, 1.54) is 18.2 Å². The van der Waals surface area contributed by atoms with Gasteiger partial charge in [0.15, 0.2) is 0 Å². The molecule has 0 saturated carbocycles. The highest BCUT2D eigenvalue weighted by atomic mass is 32.2. The lowest BCUT2D eigenvalue weighted by Crippen LogP contribution is -2.39. The van der Waals surface area contributed by atoms with Crippen molar-refractivity contribution in [2.45, 2.75) is 6.42 Å². The van der Waals surface area contributed by atoms with Crippen LogP contribution in [0.15, 0.2) is 0 Å². The fourth-order valence-electron chi connectivity index (χ4n) is 0.628. The Kier molecular flexibility index (Phi) is 1.78. The fraction of sp³-hybridized carbons (Fsp3) is 0.800. The third-order valence-corrected chi connectivity index (χ3v) is 1.90. The Morgan fingerprint density at radius 1 is 1.62 bits per heavy atom. The van der Waals surface area contributed by atoms with E-state index in [0.29, 0.717) is 0 Å². The summed E-state index contributed by atoms with van der Waals surface area (Å²) in [5.41, 5.74) is 0. The van der Waals surface area contributed by atoms with Crippen LogP contribution in [0.2, 0.25) is 0 Å². The first-order valence-electron chi connectivity index (χ1n) is 2.67. The van der Waals surface area contributed by atoms with Crippen LogP contribution in [0.25, 0.3) is 0 Å². The van der Waals surface area contributed by atoms with Crippen LogP contribution >= 0.6 is 11.8 Å². The van der Waals surface area contributed by atoms with E-state index in [0.717, 1.165) is 13.1 Å². The summed E-state index contributed by atoms with van der Waals surface area (Å²) in [7, 11) is 0. The summed E-state index contributed by atoms with van der Waals surface area (Å²) in [5.74, 6) is 0. The Hall–Kier alpha value is -0.180. The molecule has 1 amide bonds. The Labute approximate surface area is 53.2 Å². The van der Waals surface area contributed by atoms with Gasteiger partial charge in [0.05, 0.1) is 0 Å². The predicted molar refractivity (Wildman–Crippen MR) is 35.1 cm³/mol. The Bertz CT molecular complexity index is 101. The van der Waals surface area contributed by atoms with Gasteiger partial charge in [-0.3, -0.25) is 4.79 Å². The van der Waals surface area contributed by atoms with Crippen molar-refractivity contribution in [2.24, 2.45) is 0 Å². The molecule has 1 rings (SSSR count). The van der Waals surface area contributed by atoms with Crippen molar-refractivity contribution in [3.63, 3.8) is 0 Å². The highest BCUT2D eigenvalue weighted by Gasteiger charge is 2.18. The minimum absolute atomic E-state index is 0.219. The molecule has 46 valence electrons. The second-order valence-corrected chi connectivity index (χ2v) is 2.57. The first kappa shape index (κ1) is 5.95. The third kappa shape index (κ3) is 0.968. The van der Waals surface area contributed by atoms with E-state index in [4.69, 9.17) is 0 Å².